The van der Waals surface area contributed by atoms with Crippen LogP contribution in [0.1, 0.15) is 29.6 Å². The first-order valence-corrected chi connectivity index (χ1v) is 10.0. The number of primary amides is 1. The Morgan fingerprint density at radius 1 is 1.23 bits per heavy atom. The van der Waals surface area contributed by atoms with Crippen LogP contribution in [0.5, 0.6) is 0 Å². The molecule has 0 bridgehead atoms. The number of hydrogen-bond acceptors (Lipinski definition) is 4. The lowest BCUT2D eigenvalue weighted by Gasteiger charge is -2.19. The number of rotatable bonds is 4. The maximum Gasteiger partial charge on any atom is 0.252 e. The lowest BCUT2D eigenvalue weighted by atomic mass is 10.0. The molecule has 0 unspecified atom stereocenters. The van der Waals surface area contributed by atoms with E-state index in [1.165, 1.54) is 6.20 Å². The molecule has 3 heterocycles. The number of halogens is 1. The molecule has 0 radical (unpaired) electrons. The van der Waals surface area contributed by atoms with Crippen molar-refractivity contribution >= 4 is 28.0 Å². The molecular formula is C24H22FN5O. The first-order valence-electron chi connectivity index (χ1n) is 10.0. The number of nitrogens with two attached hydrogens (primary N) is 1. The van der Waals surface area contributed by atoms with E-state index in [4.69, 9.17) is 5.73 Å². The van der Waals surface area contributed by atoms with Crippen LogP contribution < -0.4 is 11.1 Å². The minimum atomic E-state index is -0.942. The van der Waals surface area contributed by atoms with Gasteiger partial charge in [0, 0.05) is 23.3 Å². The van der Waals surface area contributed by atoms with E-state index in [1.54, 1.807) is 10.7 Å². The van der Waals surface area contributed by atoms with Crippen LogP contribution in [0.4, 0.5) is 10.1 Å². The Hall–Kier alpha value is -3.92. The normalized spacial score (nSPS) is 17.9. The van der Waals surface area contributed by atoms with Gasteiger partial charge in [-0.1, -0.05) is 18.2 Å². The summed E-state index contributed by atoms with van der Waals surface area (Å²) in [4.78, 5) is 16.4. The van der Waals surface area contributed by atoms with Crippen molar-refractivity contribution in [2.45, 2.75) is 31.5 Å². The fourth-order valence-electron chi connectivity index (χ4n) is 4.16. The average Bonchev–Trinajstić information content (AvgIpc) is 3.41. The second kappa shape index (κ2) is 8.44. The number of alkyl halides is 1. The molecule has 1 aliphatic carbocycles. The van der Waals surface area contributed by atoms with E-state index in [2.05, 4.69) is 28.2 Å². The van der Waals surface area contributed by atoms with Crippen molar-refractivity contribution in [1.29, 1.82) is 0 Å². The molecule has 0 spiro atoms. The van der Waals surface area contributed by atoms with Gasteiger partial charge in [-0.2, -0.15) is 5.10 Å². The van der Waals surface area contributed by atoms with Crippen LogP contribution in [-0.2, 0) is 0 Å². The number of benzene rings is 1. The van der Waals surface area contributed by atoms with Crippen molar-refractivity contribution in [3.05, 3.63) is 60.6 Å². The summed E-state index contributed by atoms with van der Waals surface area (Å²) in [5.74, 6) is -0.590. The van der Waals surface area contributed by atoms with E-state index in [1.807, 2.05) is 42.6 Å². The van der Waals surface area contributed by atoms with Crippen LogP contribution in [0.25, 0.3) is 27.5 Å². The number of nitrogens with zero attached hydrogens (tertiary/aromatic N) is 3. The van der Waals surface area contributed by atoms with Gasteiger partial charge in [-0.15, -0.1) is 12.8 Å². The Kier molecular flexibility index (Phi) is 5.54. The van der Waals surface area contributed by atoms with Gasteiger partial charge in [0.1, 0.15) is 6.17 Å². The van der Waals surface area contributed by atoms with Crippen molar-refractivity contribution in [2.24, 2.45) is 5.73 Å². The van der Waals surface area contributed by atoms with Crippen LogP contribution in [0.2, 0.25) is 0 Å². The van der Waals surface area contributed by atoms with Gasteiger partial charge < -0.3 is 11.1 Å². The molecule has 5 rings (SSSR count). The fourth-order valence-corrected chi connectivity index (χ4v) is 4.16. The van der Waals surface area contributed by atoms with E-state index < -0.39 is 12.1 Å². The lowest BCUT2D eigenvalue weighted by Crippen LogP contribution is -2.27. The van der Waals surface area contributed by atoms with Crippen molar-refractivity contribution in [3.8, 4) is 24.0 Å². The average molecular weight is 415 g/mol. The van der Waals surface area contributed by atoms with E-state index in [9.17, 15) is 9.18 Å². The lowest BCUT2D eigenvalue weighted by molar-refractivity contribution is 0.100. The Bertz CT molecular complexity index is 1270. The molecule has 6 nitrogen and oxygen atoms in total. The molecule has 0 saturated heterocycles. The fraction of sp³-hybridized carbons (Fsp3) is 0.208. The Morgan fingerprint density at radius 2 is 2.06 bits per heavy atom. The topological polar surface area (TPSA) is 85.3 Å². The zero-order valence-electron chi connectivity index (χ0n) is 16.8. The molecule has 1 aliphatic rings. The highest BCUT2D eigenvalue weighted by atomic mass is 19.1. The summed E-state index contributed by atoms with van der Waals surface area (Å²) in [7, 11) is 0. The smallest absolute Gasteiger partial charge is 0.252 e. The summed E-state index contributed by atoms with van der Waals surface area (Å²) in [6, 6.07) is 11.5. The second-order valence-corrected chi connectivity index (χ2v) is 7.43. The monoisotopic (exact) mass is 415 g/mol. The first kappa shape index (κ1) is 20.4. The maximum atomic E-state index is 14.2. The third-order valence-corrected chi connectivity index (χ3v) is 5.62. The molecule has 0 aliphatic heterocycles. The summed E-state index contributed by atoms with van der Waals surface area (Å²) in [6.07, 6.45) is 14.2. The number of aromatic nitrogens is 3. The SMILES string of the molecule is C#C.NC(=O)c1cnn2cc(-c3cccc4ncccc34)cc2c1N[C@@H]1CCC[C@@H]1F. The van der Waals surface area contributed by atoms with Gasteiger partial charge in [0.2, 0.25) is 0 Å². The number of fused-ring (bicyclic) bond motifs is 2. The molecular weight excluding hydrogens is 393 g/mol. The molecule has 31 heavy (non-hydrogen) atoms. The van der Waals surface area contributed by atoms with Gasteiger partial charge in [-0.05, 0) is 43.0 Å². The number of carbonyl (C=O) groups is 1. The number of amides is 1. The number of hydrogen-bond donors (Lipinski definition) is 2. The number of anilines is 1. The number of pyridine rings is 1. The van der Waals surface area contributed by atoms with Crippen molar-refractivity contribution in [1.82, 2.24) is 14.6 Å². The van der Waals surface area contributed by atoms with Gasteiger partial charge in [-0.25, -0.2) is 8.91 Å². The molecule has 156 valence electrons. The standard InChI is InChI=1S/C22H20FN5O.C2H2/c23-17-6-2-8-19(17)27-21-16(22(24)29)11-26-28-12-13(10-20(21)28)14-4-1-7-18-15(14)5-3-9-25-18;1-2/h1,3-5,7,9-12,17,19,27H,2,6,8H2,(H2,24,29);1-2H/t17-,19+;/m0./s1. The van der Waals surface area contributed by atoms with Crippen LogP contribution >= 0.6 is 0 Å². The molecule has 1 saturated carbocycles. The molecule has 1 amide bonds. The van der Waals surface area contributed by atoms with E-state index >= 15 is 0 Å². The van der Waals surface area contributed by atoms with Gasteiger partial charge in [0.25, 0.3) is 5.91 Å². The van der Waals surface area contributed by atoms with E-state index in [0.717, 1.165) is 34.9 Å². The summed E-state index contributed by atoms with van der Waals surface area (Å²) >= 11 is 0. The summed E-state index contributed by atoms with van der Waals surface area (Å²) in [6.45, 7) is 0. The van der Waals surface area contributed by atoms with Crippen molar-refractivity contribution in [3.63, 3.8) is 0 Å². The summed E-state index contributed by atoms with van der Waals surface area (Å²) < 4.78 is 15.9. The number of nitrogens with one attached hydrogen (secondary N) is 1. The van der Waals surface area contributed by atoms with Crippen molar-refractivity contribution < 1.29 is 9.18 Å². The summed E-state index contributed by atoms with van der Waals surface area (Å²) in [5.41, 5.74) is 9.91. The predicted octanol–water partition coefficient (Wildman–Crippen LogP) is 4.20. The minimum Gasteiger partial charge on any atom is -0.377 e. The van der Waals surface area contributed by atoms with E-state index in [0.29, 0.717) is 17.6 Å². The summed E-state index contributed by atoms with van der Waals surface area (Å²) in [5, 5.41) is 8.61. The van der Waals surface area contributed by atoms with Crippen LogP contribution in [0, 0.1) is 12.8 Å². The van der Waals surface area contributed by atoms with Crippen LogP contribution in [0.15, 0.2) is 55.0 Å². The highest BCUT2D eigenvalue weighted by Gasteiger charge is 2.29. The van der Waals surface area contributed by atoms with Crippen molar-refractivity contribution in [2.75, 3.05) is 5.32 Å². The van der Waals surface area contributed by atoms with Crippen LogP contribution in [0.3, 0.4) is 0 Å². The largest absolute Gasteiger partial charge is 0.377 e. The Morgan fingerprint density at radius 3 is 2.81 bits per heavy atom. The number of terminal acetylenes is 1. The molecule has 7 heteroatoms. The van der Waals surface area contributed by atoms with Gasteiger partial charge >= 0.3 is 0 Å². The van der Waals surface area contributed by atoms with Gasteiger partial charge in [0.15, 0.2) is 0 Å². The van der Waals surface area contributed by atoms with Crippen LogP contribution in [-0.4, -0.2) is 32.7 Å². The first-order chi connectivity index (χ1) is 15.1. The highest BCUT2D eigenvalue weighted by Crippen LogP contribution is 2.34. The minimum absolute atomic E-state index is 0.265. The Balaban J connectivity index is 0.00000112. The zero-order chi connectivity index (χ0) is 22.0. The molecule has 4 aromatic rings. The predicted molar refractivity (Wildman–Crippen MR) is 120 cm³/mol. The third kappa shape index (κ3) is 3.68. The molecule has 1 fully saturated rings. The third-order valence-electron chi connectivity index (χ3n) is 5.62. The zero-order valence-corrected chi connectivity index (χ0v) is 16.8. The molecule has 3 N–H and O–H groups in total. The van der Waals surface area contributed by atoms with E-state index in [-0.39, 0.29) is 11.6 Å². The second-order valence-electron chi connectivity index (χ2n) is 7.43. The van der Waals surface area contributed by atoms with Gasteiger partial charge in [0.05, 0.1) is 34.5 Å². The number of carbonyl (C=O) groups excluding carboxylic acids is 1. The molecule has 1 aromatic carbocycles. The van der Waals surface area contributed by atoms with Gasteiger partial charge in [-0.3, -0.25) is 9.78 Å². The Labute approximate surface area is 179 Å². The maximum absolute atomic E-state index is 14.2. The highest BCUT2D eigenvalue weighted by molar-refractivity contribution is 6.03. The molecule has 3 aromatic heterocycles. The quantitative estimate of drug-likeness (QED) is 0.489. The molecule has 2 atom stereocenters.